The maximum atomic E-state index is 12.4. The second-order valence-corrected chi connectivity index (χ2v) is 8.00. The second kappa shape index (κ2) is 5.74. The lowest BCUT2D eigenvalue weighted by Crippen LogP contribution is -2.49. The summed E-state index contributed by atoms with van der Waals surface area (Å²) in [5, 5.41) is 21.4. The van der Waals surface area contributed by atoms with Gasteiger partial charge in [0, 0.05) is 27.0 Å². The number of aromatic nitrogens is 2. The fourth-order valence-corrected chi connectivity index (χ4v) is 4.31. The molecule has 2 aliphatic rings. The molecule has 0 saturated heterocycles. The minimum absolute atomic E-state index is 0.242. The Kier molecular flexibility index (Phi) is 3.54. The van der Waals surface area contributed by atoms with Gasteiger partial charge in [0.15, 0.2) is 5.82 Å². The van der Waals surface area contributed by atoms with Gasteiger partial charge >= 0.3 is 5.97 Å². The van der Waals surface area contributed by atoms with Crippen molar-refractivity contribution in [2.24, 2.45) is 0 Å². The molecule has 0 fully saturated rings. The van der Waals surface area contributed by atoms with E-state index in [1.54, 1.807) is 18.2 Å². The van der Waals surface area contributed by atoms with Gasteiger partial charge in [-0.3, -0.25) is 5.10 Å². The molecule has 0 radical (unpaired) electrons. The molecule has 2 bridgehead atoms. The Balaban J connectivity index is 1.72. The Labute approximate surface area is 167 Å². The van der Waals surface area contributed by atoms with Gasteiger partial charge in [0.1, 0.15) is 5.75 Å². The number of rotatable bonds is 2. The maximum absolute atomic E-state index is 12.4. The molecule has 8 heteroatoms. The molecule has 6 nitrogen and oxygen atoms in total. The predicted molar refractivity (Wildman–Crippen MR) is 104 cm³/mol. The van der Waals surface area contributed by atoms with Crippen LogP contribution in [-0.4, -0.2) is 21.3 Å². The number of halogens is 2. The van der Waals surface area contributed by atoms with E-state index in [2.05, 4.69) is 31.4 Å². The zero-order valence-electron chi connectivity index (χ0n) is 13.8. The fraction of sp³-hybridized carbons (Fsp3) is 0.158. The van der Waals surface area contributed by atoms with Gasteiger partial charge < -0.3 is 15.2 Å². The number of hydrogen-bond acceptors (Lipinski definition) is 4. The number of fused-ring (bicyclic) bond motifs is 6. The van der Waals surface area contributed by atoms with E-state index in [0.29, 0.717) is 27.8 Å². The zero-order chi connectivity index (χ0) is 18.8. The van der Waals surface area contributed by atoms with Crippen LogP contribution in [-0.2, 0) is 10.4 Å². The van der Waals surface area contributed by atoms with Crippen molar-refractivity contribution in [3.8, 4) is 17.0 Å². The molecule has 3 heterocycles. The summed E-state index contributed by atoms with van der Waals surface area (Å²) in [5.74, 6) is -0.0491. The van der Waals surface area contributed by atoms with Crippen LogP contribution in [0.5, 0.6) is 5.75 Å². The van der Waals surface area contributed by atoms with Crippen LogP contribution in [0.1, 0.15) is 23.6 Å². The molecular formula is C19H13BrClN3O3. The summed E-state index contributed by atoms with van der Waals surface area (Å²) in [6.45, 7) is 0. The summed E-state index contributed by atoms with van der Waals surface area (Å²) in [6, 6.07) is 12.6. The SMILES string of the molecule is O=C(O)C12CC(Nc3n[nH]c(-c4ccc(Br)cc4)c31)c1cc(Cl)ccc1O2. The Hall–Kier alpha value is -2.51. The first kappa shape index (κ1) is 16.6. The number of benzene rings is 2. The standard InChI is InChI=1S/C19H13BrClN3O3/c20-10-3-1-9(2-4-10)16-15-17(24-23-16)22-13-8-19(15,18(25)26)27-14-6-5-11(21)7-12(13)14/h1-7,13H,8H2,(H,25,26)(H2,22,23,24). The van der Waals surface area contributed by atoms with Crippen molar-refractivity contribution in [1.29, 1.82) is 0 Å². The van der Waals surface area contributed by atoms with E-state index in [-0.39, 0.29) is 12.5 Å². The van der Waals surface area contributed by atoms with Crippen molar-refractivity contribution in [1.82, 2.24) is 10.2 Å². The minimum atomic E-state index is -1.53. The highest BCUT2D eigenvalue weighted by Gasteiger charge is 2.55. The Bertz CT molecular complexity index is 1080. The average molecular weight is 447 g/mol. The van der Waals surface area contributed by atoms with Crippen LogP contribution < -0.4 is 10.1 Å². The summed E-state index contributed by atoms with van der Waals surface area (Å²) < 4.78 is 7.05. The van der Waals surface area contributed by atoms with Crippen molar-refractivity contribution in [3.63, 3.8) is 0 Å². The van der Waals surface area contributed by atoms with E-state index in [4.69, 9.17) is 16.3 Å². The number of H-pyrrole nitrogens is 1. The molecule has 1 aromatic heterocycles. The van der Waals surface area contributed by atoms with Crippen molar-refractivity contribution in [3.05, 3.63) is 63.1 Å². The van der Waals surface area contributed by atoms with Gasteiger partial charge in [0.2, 0.25) is 5.60 Å². The highest BCUT2D eigenvalue weighted by molar-refractivity contribution is 9.10. The van der Waals surface area contributed by atoms with E-state index in [0.717, 1.165) is 15.6 Å². The van der Waals surface area contributed by atoms with Gasteiger partial charge in [-0.25, -0.2) is 4.79 Å². The third-order valence-corrected chi connectivity index (χ3v) is 5.85. The second-order valence-electron chi connectivity index (χ2n) is 6.65. The maximum Gasteiger partial charge on any atom is 0.353 e. The summed E-state index contributed by atoms with van der Waals surface area (Å²) in [6.07, 6.45) is 0.242. The molecule has 2 atom stereocenters. The van der Waals surface area contributed by atoms with E-state index < -0.39 is 11.6 Å². The summed E-state index contributed by atoms with van der Waals surface area (Å²) in [4.78, 5) is 12.4. The van der Waals surface area contributed by atoms with Gasteiger partial charge in [-0.05, 0) is 30.3 Å². The van der Waals surface area contributed by atoms with Crippen LogP contribution in [0.3, 0.4) is 0 Å². The molecule has 2 unspecified atom stereocenters. The third-order valence-electron chi connectivity index (χ3n) is 5.08. The third kappa shape index (κ3) is 2.38. The van der Waals surface area contributed by atoms with Crippen molar-refractivity contribution >= 4 is 39.3 Å². The van der Waals surface area contributed by atoms with Gasteiger partial charge in [-0.15, -0.1) is 0 Å². The predicted octanol–water partition coefficient (Wildman–Crippen LogP) is 4.72. The number of hydrogen-bond donors (Lipinski definition) is 3. The molecule has 3 N–H and O–H groups in total. The van der Waals surface area contributed by atoms with Crippen LogP contribution in [0.15, 0.2) is 46.9 Å². The number of aromatic amines is 1. The molecule has 2 aromatic carbocycles. The monoisotopic (exact) mass is 445 g/mol. The number of aliphatic carboxylic acids is 1. The summed E-state index contributed by atoms with van der Waals surface area (Å²) in [5.41, 5.74) is 1.27. The van der Waals surface area contributed by atoms with Crippen LogP contribution in [0.25, 0.3) is 11.3 Å². The first-order chi connectivity index (χ1) is 13.0. The normalized spacial score (nSPS) is 22.2. The Morgan fingerprint density at radius 3 is 2.81 bits per heavy atom. The summed E-state index contributed by atoms with van der Waals surface area (Å²) >= 11 is 9.54. The Morgan fingerprint density at radius 1 is 1.30 bits per heavy atom. The number of ether oxygens (including phenoxy) is 1. The highest BCUT2D eigenvalue weighted by atomic mass is 79.9. The molecule has 5 rings (SSSR count). The average Bonchev–Trinajstić information content (AvgIpc) is 3.07. The number of nitrogens with zero attached hydrogens (tertiary/aromatic N) is 1. The highest BCUT2D eigenvalue weighted by Crippen LogP contribution is 2.53. The largest absolute Gasteiger partial charge is 0.478 e. The number of nitrogens with one attached hydrogen (secondary N) is 2. The van der Waals surface area contributed by atoms with Gasteiger partial charge in [0.05, 0.1) is 17.3 Å². The van der Waals surface area contributed by atoms with Gasteiger partial charge in [-0.1, -0.05) is 39.7 Å². The molecule has 0 saturated carbocycles. The van der Waals surface area contributed by atoms with E-state index in [1.807, 2.05) is 24.3 Å². The topological polar surface area (TPSA) is 87.2 Å². The molecule has 2 aliphatic heterocycles. The van der Waals surface area contributed by atoms with Crippen LogP contribution in [0.4, 0.5) is 5.82 Å². The first-order valence-corrected chi connectivity index (χ1v) is 9.48. The fourth-order valence-electron chi connectivity index (χ4n) is 3.86. The van der Waals surface area contributed by atoms with Crippen LogP contribution in [0, 0.1) is 0 Å². The van der Waals surface area contributed by atoms with Crippen LogP contribution in [0.2, 0.25) is 5.02 Å². The lowest BCUT2D eigenvalue weighted by Gasteiger charge is -2.43. The lowest BCUT2D eigenvalue weighted by molar-refractivity contribution is -0.159. The molecule has 0 amide bonds. The van der Waals surface area contributed by atoms with Gasteiger partial charge in [0.25, 0.3) is 0 Å². The van der Waals surface area contributed by atoms with E-state index in [1.165, 1.54) is 0 Å². The molecule has 0 spiro atoms. The van der Waals surface area contributed by atoms with Crippen LogP contribution >= 0.6 is 27.5 Å². The molecule has 27 heavy (non-hydrogen) atoms. The Morgan fingerprint density at radius 2 is 2.07 bits per heavy atom. The minimum Gasteiger partial charge on any atom is -0.478 e. The first-order valence-electron chi connectivity index (χ1n) is 8.31. The van der Waals surface area contributed by atoms with Gasteiger partial charge in [-0.2, -0.15) is 5.10 Å². The molecular weight excluding hydrogens is 434 g/mol. The van der Waals surface area contributed by atoms with Crippen molar-refractivity contribution in [2.75, 3.05) is 5.32 Å². The number of carboxylic acid groups (broad SMARTS) is 1. The smallest absolute Gasteiger partial charge is 0.353 e. The van der Waals surface area contributed by atoms with Crippen molar-refractivity contribution < 1.29 is 14.6 Å². The number of anilines is 1. The number of carbonyl (C=O) groups is 1. The molecule has 136 valence electrons. The molecule has 3 aromatic rings. The number of carboxylic acids is 1. The summed E-state index contributed by atoms with van der Waals surface area (Å²) in [7, 11) is 0. The van der Waals surface area contributed by atoms with E-state index in [9.17, 15) is 9.90 Å². The quantitative estimate of drug-likeness (QED) is 0.530. The lowest BCUT2D eigenvalue weighted by atomic mass is 9.78. The van der Waals surface area contributed by atoms with Crippen molar-refractivity contribution in [2.45, 2.75) is 18.1 Å². The molecule has 0 aliphatic carbocycles. The zero-order valence-corrected chi connectivity index (χ0v) is 16.1. The van der Waals surface area contributed by atoms with E-state index >= 15 is 0 Å².